The average molecular weight is 307 g/mol. The third kappa shape index (κ3) is 2.80. The van der Waals surface area contributed by atoms with Gasteiger partial charge in [-0.05, 0) is 46.6 Å². The Bertz CT molecular complexity index is 542. The van der Waals surface area contributed by atoms with Gasteiger partial charge in [0, 0.05) is 23.7 Å². The summed E-state index contributed by atoms with van der Waals surface area (Å²) in [5.41, 5.74) is 0.309. The van der Waals surface area contributed by atoms with Crippen molar-refractivity contribution in [2.24, 2.45) is 0 Å². The van der Waals surface area contributed by atoms with E-state index in [0.717, 1.165) is 25.1 Å². The van der Waals surface area contributed by atoms with Gasteiger partial charge in [-0.2, -0.15) is 0 Å². The summed E-state index contributed by atoms with van der Waals surface area (Å²) < 4.78 is 31.6. The van der Waals surface area contributed by atoms with E-state index in [9.17, 15) is 4.39 Å². The molecule has 2 aliphatic rings. The fraction of sp³-hybridized carbons (Fsp3) is 0.688. The van der Waals surface area contributed by atoms with Gasteiger partial charge >= 0.3 is 7.12 Å². The molecule has 0 aliphatic carbocycles. The summed E-state index contributed by atoms with van der Waals surface area (Å²) in [6.07, 6.45) is 3.29. The SMILES string of the molecule is CC1(C)OB(c2cc(C3CCCOC3)ncc2F)OC1(C)C. The van der Waals surface area contributed by atoms with Crippen molar-refractivity contribution in [3.05, 3.63) is 23.8 Å². The molecule has 1 aromatic heterocycles. The molecule has 1 atom stereocenters. The van der Waals surface area contributed by atoms with E-state index >= 15 is 0 Å². The van der Waals surface area contributed by atoms with Crippen LogP contribution in [0.5, 0.6) is 0 Å². The quantitative estimate of drug-likeness (QED) is 0.787. The highest BCUT2D eigenvalue weighted by Crippen LogP contribution is 2.36. The minimum absolute atomic E-state index is 0.218. The van der Waals surface area contributed by atoms with Crippen molar-refractivity contribution in [3.63, 3.8) is 0 Å². The normalized spacial score (nSPS) is 27.1. The van der Waals surface area contributed by atoms with Crippen molar-refractivity contribution in [1.82, 2.24) is 4.98 Å². The number of hydrogen-bond acceptors (Lipinski definition) is 4. The molecule has 2 saturated heterocycles. The minimum Gasteiger partial charge on any atom is -0.399 e. The number of nitrogens with zero attached hydrogens (tertiary/aromatic N) is 1. The van der Waals surface area contributed by atoms with Gasteiger partial charge in [-0.15, -0.1) is 0 Å². The van der Waals surface area contributed by atoms with E-state index in [-0.39, 0.29) is 11.7 Å². The standard InChI is InChI=1S/C16H23BFNO3/c1-15(2)16(3,4)22-17(21-15)12-8-14(19-9-13(12)18)11-6-5-7-20-10-11/h8-9,11H,5-7,10H2,1-4H3. The molecule has 1 aromatic rings. The minimum atomic E-state index is -0.698. The Balaban J connectivity index is 1.88. The second kappa shape index (κ2) is 5.58. The Morgan fingerprint density at radius 3 is 2.50 bits per heavy atom. The summed E-state index contributed by atoms with van der Waals surface area (Å²) >= 11 is 0. The second-order valence-electron chi connectivity index (χ2n) is 7.13. The smallest absolute Gasteiger partial charge is 0.399 e. The lowest BCUT2D eigenvalue weighted by Crippen LogP contribution is -2.41. The predicted octanol–water partition coefficient (Wildman–Crippen LogP) is 2.41. The van der Waals surface area contributed by atoms with Gasteiger partial charge in [0.1, 0.15) is 5.82 Å². The predicted molar refractivity (Wildman–Crippen MR) is 82.7 cm³/mol. The topological polar surface area (TPSA) is 40.6 Å². The molecule has 120 valence electrons. The molecule has 2 fully saturated rings. The molecule has 0 amide bonds. The molecular formula is C16H23BFNO3. The molecule has 0 radical (unpaired) electrons. The highest BCUT2D eigenvalue weighted by Gasteiger charge is 2.52. The van der Waals surface area contributed by atoms with E-state index in [1.807, 2.05) is 27.7 Å². The van der Waals surface area contributed by atoms with Crippen LogP contribution in [0.3, 0.4) is 0 Å². The Labute approximate surface area is 131 Å². The van der Waals surface area contributed by atoms with Gasteiger partial charge in [0.15, 0.2) is 0 Å². The van der Waals surface area contributed by atoms with Crippen LogP contribution in [0.1, 0.15) is 52.1 Å². The van der Waals surface area contributed by atoms with Crippen LogP contribution < -0.4 is 5.46 Å². The van der Waals surface area contributed by atoms with Crippen molar-refractivity contribution in [2.75, 3.05) is 13.2 Å². The van der Waals surface area contributed by atoms with Gasteiger partial charge < -0.3 is 14.0 Å². The van der Waals surface area contributed by atoms with Crippen LogP contribution in [0.2, 0.25) is 0 Å². The summed E-state index contributed by atoms with van der Waals surface area (Å²) in [5.74, 6) is -0.172. The Morgan fingerprint density at radius 2 is 1.91 bits per heavy atom. The van der Waals surface area contributed by atoms with Crippen LogP contribution in [0, 0.1) is 5.82 Å². The van der Waals surface area contributed by atoms with Crippen LogP contribution in [-0.4, -0.2) is 36.5 Å². The number of ether oxygens (including phenoxy) is 1. The van der Waals surface area contributed by atoms with Gasteiger partial charge in [0.05, 0.1) is 24.0 Å². The Morgan fingerprint density at radius 1 is 1.23 bits per heavy atom. The summed E-state index contributed by atoms with van der Waals surface area (Å²) in [5, 5.41) is 0. The maximum absolute atomic E-state index is 14.2. The molecule has 2 aliphatic heterocycles. The van der Waals surface area contributed by atoms with Crippen LogP contribution in [-0.2, 0) is 14.0 Å². The van der Waals surface area contributed by atoms with E-state index in [2.05, 4.69) is 4.98 Å². The van der Waals surface area contributed by atoms with Gasteiger partial charge in [-0.25, -0.2) is 4.39 Å². The summed E-state index contributed by atoms with van der Waals surface area (Å²) in [6, 6.07) is 1.77. The van der Waals surface area contributed by atoms with Gasteiger partial charge in [0.25, 0.3) is 0 Å². The monoisotopic (exact) mass is 307 g/mol. The first-order valence-corrected chi connectivity index (χ1v) is 7.89. The van der Waals surface area contributed by atoms with Gasteiger partial charge in [-0.3, -0.25) is 4.98 Å². The largest absolute Gasteiger partial charge is 0.497 e. The lowest BCUT2D eigenvalue weighted by atomic mass is 9.78. The molecule has 4 nitrogen and oxygen atoms in total. The summed E-state index contributed by atoms with van der Waals surface area (Å²) in [6.45, 7) is 9.27. The molecule has 3 rings (SSSR count). The molecule has 6 heteroatoms. The Hall–Kier alpha value is -0.975. The third-order valence-corrected chi connectivity index (χ3v) is 4.99. The number of hydrogen-bond donors (Lipinski definition) is 0. The van der Waals surface area contributed by atoms with Crippen LogP contribution >= 0.6 is 0 Å². The van der Waals surface area contributed by atoms with E-state index in [0.29, 0.717) is 12.1 Å². The first kappa shape index (κ1) is 15.9. The molecule has 0 aromatic carbocycles. The highest BCUT2D eigenvalue weighted by atomic mass is 19.1. The first-order chi connectivity index (χ1) is 10.3. The fourth-order valence-corrected chi connectivity index (χ4v) is 2.82. The zero-order chi connectivity index (χ0) is 16.0. The van der Waals surface area contributed by atoms with Crippen LogP contribution in [0.25, 0.3) is 0 Å². The van der Waals surface area contributed by atoms with Crippen molar-refractivity contribution < 1.29 is 18.4 Å². The van der Waals surface area contributed by atoms with Crippen LogP contribution in [0.15, 0.2) is 12.3 Å². The molecule has 0 bridgehead atoms. The van der Waals surface area contributed by atoms with E-state index in [1.54, 1.807) is 6.07 Å². The zero-order valence-corrected chi connectivity index (χ0v) is 13.7. The maximum atomic E-state index is 14.2. The molecule has 0 N–H and O–H groups in total. The molecule has 0 saturated carbocycles. The highest BCUT2D eigenvalue weighted by molar-refractivity contribution is 6.62. The number of halogens is 1. The van der Waals surface area contributed by atoms with Crippen molar-refractivity contribution in [1.29, 1.82) is 0 Å². The second-order valence-corrected chi connectivity index (χ2v) is 7.13. The zero-order valence-electron chi connectivity index (χ0n) is 13.7. The Kier molecular flexibility index (Phi) is 4.04. The molecule has 3 heterocycles. The van der Waals surface area contributed by atoms with E-state index in [1.165, 1.54) is 6.20 Å². The summed E-state index contributed by atoms with van der Waals surface area (Å²) in [7, 11) is -0.698. The lowest BCUT2D eigenvalue weighted by Gasteiger charge is -2.32. The maximum Gasteiger partial charge on any atom is 0.497 e. The number of pyridine rings is 1. The molecule has 0 spiro atoms. The van der Waals surface area contributed by atoms with Crippen LogP contribution in [0.4, 0.5) is 4.39 Å². The molecule has 22 heavy (non-hydrogen) atoms. The van der Waals surface area contributed by atoms with E-state index in [4.69, 9.17) is 14.0 Å². The lowest BCUT2D eigenvalue weighted by molar-refractivity contribution is 0.00578. The van der Waals surface area contributed by atoms with Crippen molar-refractivity contribution in [2.45, 2.75) is 57.7 Å². The van der Waals surface area contributed by atoms with Crippen molar-refractivity contribution >= 4 is 12.6 Å². The number of aromatic nitrogens is 1. The third-order valence-electron chi connectivity index (χ3n) is 4.99. The van der Waals surface area contributed by atoms with Gasteiger partial charge in [-0.1, -0.05) is 0 Å². The van der Waals surface area contributed by atoms with Crippen molar-refractivity contribution in [3.8, 4) is 0 Å². The number of rotatable bonds is 2. The molecular weight excluding hydrogens is 284 g/mol. The van der Waals surface area contributed by atoms with Gasteiger partial charge in [0.2, 0.25) is 0 Å². The average Bonchev–Trinajstić information content (AvgIpc) is 2.69. The fourth-order valence-electron chi connectivity index (χ4n) is 2.82. The first-order valence-electron chi connectivity index (χ1n) is 7.89. The molecule has 1 unspecified atom stereocenters. The summed E-state index contributed by atoms with van der Waals surface area (Å²) in [4.78, 5) is 4.24. The van der Waals surface area contributed by atoms with E-state index < -0.39 is 18.3 Å².